The van der Waals surface area contributed by atoms with Crippen molar-refractivity contribution in [3.05, 3.63) is 88.0 Å². The van der Waals surface area contributed by atoms with E-state index in [-0.39, 0.29) is 30.0 Å². The summed E-state index contributed by atoms with van der Waals surface area (Å²) in [4.78, 5) is 36.6. The monoisotopic (exact) mass is 554 g/mol. The molecule has 0 saturated heterocycles. The van der Waals surface area contributed by atoms with Crippen LogP contribution in [0.1, 0.15) is 76.8 Å². The summed E-state index contributed by atoms with van der Waals surface area (Å²) in [6, 6.07) is 11.5. The number of esters is 1. The van der Waals surface area contributed by atoms with Gasteiger partial charge in [0.2, 0.25) is 5.91 Å². The quantitative estimate of drug-likeness (QED) is 0.321. The van der Waals surface area contributed by atoms with Gasteiger partial charge in [0, 0.05) is 11.6 Å². The Bertz CT molecular complexity index is 1310. The second-order valence-electron chi connectivity index (χ2n) is 10.3. The SMILES string of the molecule is COC(=O)c1ccccc1C=C1CCC(/C=C2/CCC(NC(=O)CNC(=O)c3cccc(C(F)(F)F)c3)C2)CC1. The van der Waals surface area contributed by atoms with Gasteiger partial charge in [0.25, 0.3) is 5.91 Å². The molecule has 2 fully saturated rings. The van der Waals surface area contributed by atoms with Crippen LogP contribution in [0.4, 0.5) is 13.2 Å². The Kier molecular flexibility index (Phi) is 9.45. The number of carbonyl (C=O) groups excluding carboxylic acids is 3. The zero-order valence-corrected chi connectivity index (χ0v) is 22.4. The molecule has 40 heavy (non-hydrogen) atoms. The van der Waals surface area contributed by atoms with Gasteiger partial charge in [0.1, 0.15) is 0 Å². The first-order valence-electron chi connectivity index (χ1n) is 13.4. The molecule has 2 saturated carbocycles. The molecule has 212 valence electrons. The third kappa shape index (κ3) is 7.83. The van der Waals surface area contributed by atoms with E-state index >= 15 is 0 Å². The Morgan fingerprint density at radius 1 is 0.975 bits per heavy atom. The normalized spacial score (nSPS) is 20.2. The third-order valence-corrected chi connectivity index (χ3v) is 7.42. The summed E-state index contributed by atoms with van der Waals surface area (Å²) in [5.41, 5.74) is 3.01. The molecule has 0 aromatic heterocycles. The maximum atomic E-state index is 12.9. The van der Waals surface area contributed by atoms with Gasteiger partial charge in [-0.05, 0) is 80.7 Å². The topological polar surface area (TPSA) is 84.5 Å². The Balaban J connectivity index is 1.22. The van der Waals surface area contributed by atoms with Crippen LogP contribution in [-0.2, 0) is 15.7 Å². The molecular weight excluding hydrogens is 521 g/mol. The van der Waals surface area contributed by atoms with Crippen LogP contribution in [0.15, 0.2) is 65.8 Å². The fourth-order valence-electron chi connectivity index (χ4n) is 5.33. The minimum absolute atomic E-state index is 0.0296. The average Bonchev–Trinajstić information content (AvgIpc) is 3.38. The van der Waals surface area contributed by atoms with E-state index in [9.17, 15) is 27.6 Å². The van der Waals surface area contributed by atoms with Gasteiger partial charge >= 0.3 is 12.1 Å². The van der Waals surface area contributed by atoms with Gasteiger partial charge in [-0.2, -0.15) is 13.2 Å². The smallest absolute Gasteiger partial charge is 0.416 e. The maximum absolute atomic E-state index is 12.9. The van der Waals surface area contributed by atoms with Gasteiger partial charge in [-0.15, -0.1) is 0 Å². The van der Waals surface area contributed by atoms with Crippen molar-refractivity contribution in [2.75, 3.05) is 13.7 Å². The first-order chi connectivity index (χ1) is 19.1. The van der Waals surface area contributed by atoms with E-state index < -0.39 is 17.6 Å². The van der Waals surface area contributed by atoms with Crippen LogP contribution in [-0.4, -0.2) is 37.5 Å². The standard InChI is InChI=1S/C31H33F3N2O4/c1-40-30(39)27-8-3-2-5-23(27)16-21-11-9-20(10-12-21)15-22-13-14-26(17-22)36-28(37)19-35-29(38)24-6-4-7-25(18-24)31(32,33)34/h2-8,15-16,18,20,26H,9-14,17,19H2,1H3,(H,35,38)(H,36,37)/b21-16?,22-15-. The molecule has 4 rings (SSSR count). The number of methoxy groups -OCH3 is 1. The van der Waals surface area contributed by atoms with Gasteiger partial charge in [0.05, 0.1) is 24.8 Å². The van der Waals surface area contributed by atoms with Crippen LogP contribution in [0.5, 0.6) is 0 Å². The van der Waals surface area contributed by atoms with Crippen molar-refractivity contribution in [3.8, 4) is 0 Å². The largest absolute Gasteiger partial charge is 0.465 e. The number of hydrogen-bond donors (Lipinski definition) is 2. The number of benzene rings is 2. The van der Waals surface area contributed by atoms with Gasteiger partial charge in [-0.25, -0.2) is 4.79 Å². The number of nitrogens with one attached hydrogen (secondary N) is 2. The lowest BCUT2D eigenvalue weighted by Gasteiger charge is -2.22. The molecule has 0 heterocycles. The molecule has 6 nitrogen and oxygen atoms in total. The fraction of sp³-hybridized carbons (Fsp3) is 0.387. The predicted octanol–water partition coefficient (Wildman–Crippen LogP) is 6.09. The molecule has 2 amide bonds. The molecule has 2 aliphatic rings. The maximum Gasteiger partial charge on any atom is 0.416 e. The van der Waals surface area contributed by atoms with E-state index in [1.54, 1.807) is 6.07 Å². The summed E-state index contributed by atoms with van der Waals surface area (Å²) >= 11 is 0. The highest BCUT2D eigenvalue weighted by atomic mass is 19.4. The minimum atomic E-state index is -4.55. The van der Waals surface area contributed by atoms with Gasteiger partial charge < -0.3 is 15.4 Å². The molecule has 1 atom stereocenters. The Hall–Kier alpha value is -3.88. The predicted molar refractivity (Wildman–Crippen MR) is 145 cm³/mol. The van der Waals surface area contributed by atoms with Crippen LogP contribution in [0.3, 0.4) is 0 Å². The first kappa shape index (κ1) is 29.1. The lowest BCUT2D eigenvalue weighted by molar-refractivity contribution is -0.137. The Labute approximate surface area is 231 Å². The van der Waals surface area contributed by atoms with Crippen molar-refractivity contribution in [1.82, 2.24) is 10.6 Å². The second kappa shape index (κ2) is 13.0. The fourth-order valence-corrected chi connectivity index (χ4v) is 5.33. The summed E-state index contributed by atoms with van der Waals surface area (Å²) < 4.78 is 43.5. The first-order valence-corrected chi connectivity index (χ1v) is 13.4. The van der Waals surface area contributed by atoms with E-state index in [0.29, 0.717) is 11.5 Å². The van der Waals surface area contributed by atoms with Crippen molar-refractivity contribution in [1.29, 1.82) is 0 Å². The van der Waals surface area contributed by atoms with Crippen molar-refractivity contribution in [3.63, 3.8) is 0 Å². The number of ether oxygens (including phenoxy) is 1. The summed E-state index contributed by atoms with van der Waals surface area (Å²) in [5, 5.41) is 5.32. The average molecular weight is 555 g/mol. The molecule has 9 heteroatoms. The van der Waals surface area contributed by atoms with Crippen LogP contribution in [0, 0.1) is 5.92 Å². The van der Waals surface area contributed by atoms with Crippen LogP contribution in [0.25, 0.3) is 6.08 Å². The molecule has 2 aromatic carbocycles. The molecular formula is C31H33F3N2O4. The molecule has 0 radical (unpaired) electrons. The van der Waals surface area contributed by atoms with Crippen LogP contribution >= 0.6 is 0 Å². The van der Waals surface area contributed by atoms with Crippen molar-refractivity contribution in [2.24, 2.45) is 5.92 Å². The molecule has 2 aliphatic carbocycles. The molecule has 1 unspecified atom stereocenters. The van der Waals surface area contributed by atoms with Crippen LogP contribution in [0.2, 0.25) is 0 Å². The molecule has 0 aliphatic heterocycles. The number of amides is 2. The molecule has 2 N–H and O–H groups in total. The highest BCUT2D eigenvalue weighted by Gasteiger charge is 2.31. The van der Waals surface area contributed by atoms with E-state index in [2.05, 4.69) is 22.8 Å². The summed E-state index contributed by atoms with van der Waals surface area (Å²) in [6.07, 6.45) is 6.29. The summed E-state index contributed by atoms with van der Waals surface area (Å²) in [6.45, 7) is -0.304. The highest BCUT2D eigenvalue weighted by Crippen LogP contribution is 2.34. The lowest BCUT2D eigenvalue weighted by Crippen LogP contribution is -2.41. The second-order valence-corrected chi connectivity index (χ2v) is 10.3. The number of carbonyl (C=O) groups is 3. The number of hydrogen-bond acceptors (Lipinski definition) is 4. The van der Waals surface area contributed by atoms with E-state index in [1.807, 2.05) is 18.2 Å². The van der Waals surface area contributed by atoms with Gasteiger partial charge in [0.15, 0.2) is 0 Å². The Morgan fingerprint density at radius 2 is 1.70 bits per heavy atom. The van der Waals surface area contributed by atoms with Crippen molar-refractivity contribution in [2.45, 2.75) is 57.2 Å². The third-order valence-electron chi connectivity index (χ3n) is 7.42. The Morgan fingerprint density at radius 3 is 2.42 bits per heavy atom. The number of allylic oxidation sites excluding steroid dienone is 2. The van der Waals surface area contributed by atoms with Crippen molar-refractivity contribution >= 4 is 23.9 Å². The van der Waals surface area contributed by atoms with E-state index in [4.69, 9.17) is 4.74 Å². The molecule has 0 bridgehead atoms. The number of rotatable bonds is 7. The molecule has 2 aromatic rings. The minimum Gasteiger partial charge on any atom is -0.465 e. The van der Waals surface area contributed by atoms with Gasteiger partial charge in [-0.3, -0.25) is 9.59 Å². The molecule has 0 spiro atoms. The summed E-state index contributed by atoms with van der Waals surface area (Å²) in [7, 11) is 1.38. The zero-order chi connectivity index (χ0) is 28.7. The lowest BCUT2D eigenvalue weighted by atomic mass is 9.83. The van der Waals surface area contributed by atoms with E-state index in [1.165, 1.54) is 24.3 Å². The number of alkyl halides is 3. The van der Waals surface area contributed by atoms with E-state index in [0.717, 1.165) is 68.7 Å². The van der Waals surface area contributed by atoms with Crippen molar-refractivity contribution < 1.29 is 32.3 Å². The highest BCUT2D eigenvalue weighted by molar-refractivity contribution is 5.96. The van der Waals surface area contributed by atoms with Crippen LogP contribution < -0.4 is 10.6 Å². The number of halogens is 3. The summed E-state index contributed by atoms with van der Waals surface area (Å²) in [5.74, 6) is -0.977. The zero-order valence-electron chi connectivity index (χ0n) is 22.4. The van der Waals surface area contributed by atoms with Gasteiger partial charge in [-0.1, -0.05) is 47.6 Å².